The molecule has 6 heteroatoms. The van der Waals surface area contributed by atoms with Crippen LogP contribution in [0, 0.1) is 0 Å². The third-order valence-corrected chi connectivity index (χ3v) is 5.66. The molecule has 0 unspecified atom stereocenters. The van der Waals surface area contributed by atoms with E-state index in [0.717, 1.165) is 18.5 Å². The van der Waals surface area contributed by atoms with Gasteiger partial charge in [-0.15, -0.1) is 11.3 Å². The first-order chi connectivity index (χ1) is 12.6. The average molecular weight is 373 g/mol. The van der Waals surface area contributed by atoms with Crippen LogP contribution in [0.4, 0.5) is 0 Å². The Labute approximate surface area is 157 Å². The summed E-state index contributed by atoms with van der Waals surface area (Å²) in [5.74, 6) is 1.66. The number of amides is 1. The molecule has 0 N–H and O–H groups in total. The molecule has 26 heavy (non-hydrogen) atoms. The van der Waals surface area contributed by atoms with Gasteiger partial charge in [0.1, 0.15) is 0 Å². The van der Waals surface area contributed by atoms with Crippen LogP contribution in [0.2, 0.25) is 0 Å². The van der Waals surface area contributed by atoms with E-state index in [1.165, 1.54) is 10.4 Å². The molecule has 1 amide bonds. The zero-order valence-electron chi connectivity index (χ0n) is 15.4. The van der Waals surface area contributed by atoms with E-state index in [0.29, 0.717) is 17.2 Å². The lowest BCUT2D eigenvalue weighted by Crippen LogP contribution is -2.37. The molecule has 3 rings (SSSR count). The summed E-state index contributed by atoms with van der Waals surface area (Å²) in [7, 11) is 4.71. The van der Waals surface area contributed by atoms with Crippen molar-refractivity contribution >= 4 is 23.3 Å². The van der Waals surface area contributed by atoms with E-state index in [1.54, 1.807) is 44.8 Å². The van der Waals surface area contributed by atoms with Crippen molar-refractivity contribution in [3.8, 4) is 17.2 Å². The molecule has 0 aliphatic carbocycles. The second-order valence-corrected chi connectivity index (χ2v) is 7.05. The molecule has 0 saturated heterocycles. The van der Waals surface area contributed by atoms with Crippen molar-refractivity contribution in [2.45, 2.75) is 19.4 Å². The topological polar surface area (TPSA) is 48.0 Å². The summed E-state index contributed by atoms with van der Waals surface area (Å²) in [6.07, 6.45) is 4.30. The summed E-state index contributed by atoms with van der Waals surface area (Å²) in [6, 6.07) is 5.86. The lowest BCUT2D eigenvalue weighted by atomic mass is 10.0. The first-order valence-corrected chi connectivity index (χ1v) is 9.32. The van der Waals surface area contributed by atoms with Gasteiger partial charge >= 0.3 is 0 Å². The zero-order valence-corrected chi connectivity index (χ0v) is 16.3. The molecule has 0 bridgehead atoms. The quantitative estimate of drug-likeness (QED) is 0.745. The zero-order chi connectivity index (χ0) is 18.7. The minimum absolute atomic E-state index is 0.00287. The van der Waals surface area contributed by atoms with Crippen molar-refractivity contribution in [3.05, 3.63) is 45.7 Å². The number of ether oxygens (including phenoxy) is 3. The normalized spacial score (nSPS) is 16.5. The SMILES string of the molecule is COc1cc(/C=C/C(=O)N2CCc3sccc3[C@H]2C)cc(OC)c1OC. The predicted octanol–water partition coefficient (Wildman–Crippen LogP) is 3.93. The molecule has 5 nitrogen and oxygen atoms in total. The van der Waals surface area contributed by atoms with Crippen LogP contribution in [-0.4, -0.2) is 38.7 Å². The molecule has 138 valence electrons. The third-order valence-electron chi connectivity index (χ3n) is 4.67. The summed E-state index contributed by atoms with van der Waals surface area (Å²) in [5, 5.41) is 2.10. The summed E-state index contributed by atoms with van der Waals surface area (Å²) in [4.78, 5) is 16.0. The third kappa shape index (κ3) is 3.42. The largest absolute Gasteiger partial charge is 0.493 e. The molecule has 0 spiro atoms. The van der Waals surface area contributed by atoms with E-state index >= 15 is 0 Å². The number of hydrogen-bond acceptors (Lipinski definition) is 5. The molecule has 2 heterocycles. The van der Waals surface area contributed by atoms with Gasteiger partial charge in [-0.3, -0.25) is 4.79 Å². The smallest absolute Gasteiger partial charge is 0.247 e. The molecule has 1 aromatic carbocycles. The lowest BCUT2D eigenvalue weighted by molar-refractivity contribution is -0.128. The van der Waals surface area contributed by atoms with Crippen molar-refractivity contribution < 1.29 is 19.0 Å². The fraction of sp³-hybridized carbons (Fsp3) is 0.350. The molecule has 0 saturated carbocycles. The van der Waals surface area contributed by atoms with Gasteiger partial charge < -0.3 is 19.1 Å². The monoisotopic (exact) mass is 373 g/mol. The highest BCUT2D eigenvalue weighted by molar-refractivity contribution is 7.10. The number of fused-ring (bicyclic) bond motifs is 1. The van der Waals surface area contributed by atoms with Gasteiger partial charge in [-0.05, 0) is 54.1 Å². The number of methoxy groups -OCH3 is 3. The number of carbonyl (C=O) groups is 1. The van der Waals surface area contributed by atoms with Gasteiger partial charge in [0.05, 0.1) is 27.4 Å². The van der Waals surface area contributed by atoms with Crippen molar-refractivity contribution in [2.75, 3.05) is 27.9 Å². The van der Waals surface area contributed by atoms with E-state index in [4.69, 9.17) is 14.2 Å². The number of carbonyl (C=O) groups excluding carboxylic acids is 1. The van der Waals surface area contributed by atoms with E-state index in [9.17, 15) is 4.79 Å². The summed E-state index contributed by atoms with van der Waals surface area (Å²) >= 11 is 1.77. The summed E-state index contributed by atoms with van der Waals surface area (Å²) < 4.78 is 16.0. The van der Waals surface area contributed by atoms with Crippen LogP contribution in [0.25, 0.3) is 6.08 Å². The summed E-state index contributed by atoms with van der Waals surface area (Å²) in [6.45, 7) is 2.82. The number of hydrogen-bond donors (Lipinski definition) is 0. The Morgan fingerprint density at radius 2 is 1.88 bits per heavy atom. The highest BCUT2D eigenvalue weighted by Gasteiger charge is 2.27. The fourth-order valence-electron chi connectivity index (χ4n) is 3.27. The van der Waals surface area contributed by atoms with E-state index < -0.39 is 0 Å². The van der Waals surface area contributed by atoms with Crippen molar-refractivity contribution in [3.63, 3.8) is 0 Å². The van der Waals surface area contributed by atoms with Crippen LogP contribution in [0.1, 0.15) is 29.0 Å². The highest BCUT2D eigenvalue weighted by Crippen LogP contribution is 2.38. The molecule has 1 aliphatic heterocycles. The molecular weight excluding hydrogens is 350 g/mol. The van der Waals surface area contributed by atoms with Crippen LogP contribution in [0.5, 0.6) is 17.2 Å². The maximum absolute atomic E-state index is 12.7. The second-order valence-electron chi connectivity index (χ2n) is 6.05. The minimum atomic E-state index is 0.00287. The Bertz CT molecular complexity index is 802. The van der Waals surface area contributed by atoms with Crippen LogP contribution < -0.4 is 14.2 Å². The van der Waals surface area contributed by atoms with E-state index in [-0.39, 0.29) is 11.9 Å². The van der Waals surface area contributed by atoms with Crippen LogP contribution in [0.15, 0.2) is 29.7 Å². The maximum Gasteiger partial charge on any atom is 0.247 e. The van der Waals surface area contributed by atoms with Crippen molar-refractivity contribution in [1.82, 2.24) is 4.90 Å². The number of thiophene rings is 1. The molecule has 1 atom stereocenters. The van der Waals surface area contributed by atoms with Crippen molar-refractivity contribution in [1.29, 1.82) is 0 Å². The Kier molecular flexibility index (Phi) is 5.52. The van der Waals surface area contributed by atoms with Crippen LogP contribution in [-0.2, 0) is 11.2 Å². The molecule has 2 aromatic rings. The summed E-state index contributed by atoms with van der Waals surface area (Å²) in [5.41, 5.74) is 2.07. The van der Waals surface area contributed by atoms with Crippen molar-refractivity contribution in [2.24, 2.45) is 0 Å². The predicted molar refractivity (Wildman–Crippen MR) is 103 cm³/mol. The standard InChI is InChI=1S/C20H23NO4S/c1-13-15-8-10-26-18(15)7-9-21(13)19(22)6-5-14-11-16(23-2)20(25-4)17(12-14)24-3/h5-6,8,10-13H,7,9H2,1-4H3/b6-5+/t13-/m1/s1. The number of nitrogens with zero attached hydrogens (tertiary/aromatic N) is 1. The van der Waals surface area contributed by atoms with Gasteiger partial charge in [-0.2, -0.15) is 0 Å². The van der Waals surface area contributed by atoms with Gasteiger partial charge in [-0.25, -0.2) is 0 Å². The molecular formula is C20H23NO4S. The Morgan fingerprint density at radius 3 is 2.50 bits per heavy atom. The Hall–Kier alpha value is -2.47. The number of benzene rings is 1. The Balaban J connectivity index is 1.81. The first kappa shape index (κ1) is 18.3. The van der Waals surface area contributed by atoms with Crippen LogP contribution in [0.3, 0.4) is 0 Å². The van der Waals surface area contributed by atoms with Gasteiger partial charge in [0.15, 0.2) is 11.5 Å². The fourth-order valence-corrected chi connectivity index (χ4v) is 4.23. The van der Waals surface area contributed by atoms with Gasteiger partial charge in [-0.1, -0.05) is 0 Å². The first-order valence-electron chi connectivity index (χ1n) is 8.44. The van der Waals surface area contributed by atoms with E-state index in [2.05, 4.69) is 18.4 Å². The van der Waals surface area contributed by atoms with E-state index in [1.807, 2.05) is 17.0 Å². The molecule has 1 aromatic heterocycles. The van der Waals surface area contributed by atoms with Gasteiger partial charge in [0.2, 0.25) is 11.7 Å². The van der Waals surface area contributed by atoms with Crippen LogP contribution >= 0.6 is 11.3 Å². The lowest BCUT2D eigenvalue weighted by Gasteiger charge is -2.32. The van der Waals surface area contributed by atoms with Gasteiger partial charge in [0, 0.05) is 17.5 Å². The minimum Gasteiger partial charge on any atom is -0.493 e. The average Bonchev–Trinajstić information content (AvgIpc) is 3.15. The molecule has 0 radical (unpaired) electrons. The Morgan fingerprint density at radius 1 is 1.19 bits per heavy atom. The highest BCUT2D eigenvalue weighted by atomic mass is 32.1. The molecule has 0 fully saturated rings. The number of rotatable bonds is 5. The van der Waals surface area contributed by atoms with Gasteiger partial charge in [0.25, 0.3) is 0 Å². The molecule has 1 aliphatic rings. The maximum atomic E-state index is 12.7. The second kappa shape index (κ2) is 7.83.